The summed E-state index contributed by atoms with van der Waals surface area (Å²) in [5, 5.41) is 8.05. The van der Waals surface area contributed by atoms with E-state index in [-0.39, 0.29) is 18.2 Å². The molecule has 2 N–H and O–H groups in total. The standard InChI is InChI=1S/C17H20N2O2/c1-12(16-10-5-11-21-16)18-17(20)19-15-9-4-7-13-6-2-3-8-14(13)15/h2-4,6-9,12,16H,5,10-11H2,1H3,(H2,18,19,20)/t12-,16-/m1/s1. The summed E-state index contributed by atoms with van der Waals surface area (Å²) in [4.78, 5) is 12.1. The average molecular weight is 284 g/mol. The smallest absolute Gasteiger partial charge is 0.319 e. The summed E-state index contributed by atoms with van der Waals surface area (Å²) in [6.07, 6.45) is 2.21. The third-order valence-electron chi connectivity index (χ3n) is 3.92. The number of carbonyl (C=O) groups excluding carboxylic acids is 1. The number of rotatable bonds is 3. The van der Waals surface area contributed by atoms with Crippen LogP contribution in [-0.4, -0.2) is 24.8 Å². The van der Waals surface area contributed by atoms with E-state index < -0.39 is 0 Å². The molecule has 0 aromatic heterocycles. The van der Waals surface area contributed by atoms with Crippen molar-refractivity contribution in [3.8, 4) is 0 Å². The molecule has 0 aliphatic carbocycles. The van der Waals surface area contributed by atoms with E-state index in [0.717, 1.165) is 35.9 Å². The van der Waals surface area contributed by atoms with Gasteiger partial charge in [0.2, 0.25) is 0 Å². The van der Waals surface area contributed by atoms with E-state index in [4.69, 9.17) is 4.74 Å². The molecule has 1 saturated heterocycles. The Morgan fingerprint density at radius 1 is 1.24 bits per heavy atom. The van der Waals surface area contributed by atoms with Gasteiger partial charge in [0.25, 0.3) is 0 Å². The lowest BCUT2D eigenvalue weighted by molar-refractivity contribution is 0.0868. The van der Waals surface area contributed by atoms with Gasteiger partial charge in [-0.25, -0.2) is 4.79 Å². The topological polar surface area (TPSA) is 50.4 Å². The Labute approximate surface area is 124 Å². The quantitative estimate of drug-likeness (QED) is 0.906. The Morgan fingerprint density at radius 3 is 2.86 bits per heavy atom. The molecule has 110 valence electrons. The van der Waals surface area contributed by atoms with Gasteiger partial charge < -0.3 is 15.4 Å². The van der Waals surface area contributed by atoms with Crippen LogP contribution >= 0.6 is 0 Å². The number of hydrogen-bond donors (Lipinski definition) is 2. The number of urea groups is 1. The molecule has 4 heteroatoms. The largest absolute Gasteiger partial charge is 0.376 e. The van der Waals surface area contributed by atoms with Crippen LogP contribution in [0.4, 0.5) is 10.5 Å². The lowest BCUT2D eigenvalue weighted by atomic mass is 10.1. The number of hydrogen-bond acceptors (Lipinski definition) is 2. The molecule has 3 rings (SSSR count). The van der Waals surface area contributed by atoms with Crippen molar-refractivity contribution in [3.05, 3.63) is 42.5 Å². The normalized spacial score (nSPS) is 19.4. The minimum atomic E-state index is -0.186. The van der Waals surface area contributed by atoms with Crippen LogP contribution in [0.3, 0.4) is 0 Å². The first kappa shape index (κ1) is 13.9. The van der Waals surface area contributed by atoms with Gasteiger partial charge in [0, 0.05) is 12.0 Å². The summed E-state index contributed by atoms with van der Waals surface area (Å²) >= 11 is 0. The molecule has 0 radical (unpaired) electrons. The van der Waals surface area contributed by atoms with Crippen molar-refractivity contribution in [2.75, 3.05) is 11.9 Å². The number of nitrogens with one attached hydrogen (secondary N) is 2. The molecule has 2 aromatic carbocycles. The summed E-state index contributed by atoms with van der Waals surface area (Å²) in [6, 6.07) is 13.7. The lowest BCUT2D eigenvalue weighted by Gasteiger charge is -2.20. The fraction of sp³-hybridized carbons (Fsp3) is 0.353. The van der Waals surface area contributed by atoms with Gasteiger partial charge >= 0.3 is 6.03 Å². The van der Waals surface area contributed by atoms with Crippen LogP contribution in [0.1, 0.15) is 19.8 Å². The van der Waals surface area contributed by atoms with Gasteiger partial charge in [-0.15, -0.1) is 0 Å². The van der Waals surface area contributed by atoms with Crippen molar-refractivity contribution in [3.63, 3.8) is 0 Å². The molecule has 2 atom stereocenters. The van der Waals surface area contributed by atoms with E-state index in [1.807, 2.05) is 49.4 Å². The molecule has 2 aromatic rings. The lowest BCUT2D eigenvalue weighted by Crippen LogP contribution is -2.43. The Kier molecular flexibility index (Phi) is 4.06. The molecular formula is C17H20N2O2. The van der Waals surface area contributed by atoms with Gasteiger partial charge in [-0.3, -0.25) is 0 Å². The molecule has 0 unspecified atom stereocenters. The molecule has 21 heavy (non-hydrogen) atoms. The summed E-state index contributed by atoms with van der Waals surface area (Å²) < 4.78 is 5.59. The Balaban J connectivity index is 1.68. The summed E-state index contributed by atoms with van der Waals surface area (Å²) in [7, 11) is 0. The third-order valence-corrected chi connectivity index (χ3v) is 3.92. The van der Waals surface area contributed by atoms with Crippen LogP contribution in [-0.2, 0) is 4.74 Å². The number of anilines is 1. The van der Waals surface area contributed by atoms with E-state index in [1.54, 1.807) is 0 Å². The zero-order chi connectivity index (χ0) is 14.7. The number of ether oxygens (including phenoxy) is 1. The zero-order valence-electron chi connectivity index (χ0n) is 12.1. The van der Waals surface area contributed by atoms with E-state index >= 15 is 0 Å². The fourth-order valence-corrected chi connectivity index (χ4v) is 2.79. The SMILES string of the molecule is C[C@@H](NC(=O)Nc1cccc2ccccc12)[C@H]1CCCO1. The van der Waals surface area contributed by atoms with Crippen molar-refractivity contribution in [1.82, 2.24) is 5.32 Å². The van der Waals surface area contributed by atoms with Gasteiger partial charge in [0.05, 0.1) is 17.8 Å². The molecular weight excluding hydrogens is 264 g/mol. The van der Waals surface area contributed by atoms with Crippen LogP contribution < -0.4 is 10.6 Å². The Morgan fingerprint density at radius 2 is 2.05 bits per heavy atom. The van der Waals surface area contributed by atoms with Gasteiger partial charge in [-0.1, -0.05) is 36.4 Å². The van der Waals surface area contributed by atoms with Crippen LogP contribution in [0.5, 0.6) is 0 Å². The highest BCUT2D eigenvalue weighted by Crippen LogP contribution is 2.23. The maximum atomic E-state index is 12.1. The molecule has 4 nitrogen and oxygen atoms in total. The average Bonchev–Trinajstić information content (AvgIpc) is 3.02. The summed E-state index contributed by atoms with van der Waals surface area (Å²) in [6.45, 7) is 2.78. The van der Waals surface area contributed by atoms with Gasteiger partial charge in [0.1, 0.15) is 0 Å². The molecule has 1 aliphatic rings. The van der Waals surface area contributed by atoms with Crippen LogP contribution in [0.2, 0.25) is 0 Å². The Hall–Kier alpha value is -2.07. The summed E-state index contributed by atoms with van der Waals surface area (Å²) in [5.41, 5.74) is 0.824. The molecule has 0 bridgehead atoms. The van der Waals surface area contributed by atoms with Gasteiger partial charge in [-0.2, -0.15) is 0 Å². The molecule has 0 saturated carbocycles. The molecule has 1 aliphatic heterocycles. The van der Waals surface area contributed by atoms with E-state index in [2.05, 4.69) is 10.6 Å². The Bertz CT molecular complexity index is 630. The molecule has 2 amide bonds. The highest BCUT2D eigenvalue weighted by atomic mass is 16.5. The van der Waals surface area contributed by atoms with Crippen LogP contribution in [0, 0.1) is 0 Å². The van der Waals surface area contributed by atoms with Crippen molar-refractivity contribution in [1.29, 1.82) is 0 Å². The first-order valence-electron chi connectivity index (χ1n) is 7.41. The first-order chi connectivity index (χ1) is 10.2. The fourth-order valence-electron chi connectivity index (χ4n) is 2.79. The molecule has 1 fully saturated rings. The monoisotopic (exact) mass is 284 g/mol. The van der Waals surface area contributed by atoms with E-state index in [1.165, 1.54) is 0 Å². The highest BCUT2D eigenvalue weighted by molar-refractivity contribution is 6.01. The second kappa shape index (κ2) is 6.14. The van der Waals surface area contributed by atoms with Crippen LogP contribution in [0.25, 0.3) is 10.8 Å². The maximum absolute atomic E-state index is 12.1. The predicted molar refractivity (Wildman–Crippen MR) is 84.5 cm³/mol. The highest BCUT2D eigenvalue weighted by Gasteiger charge is 2.23. The second-order valence-electron chi connectivity index (χ2n) is 5.47. The van der Waals surface area contributed by atoms with Gasteiger partial charge in [0.15, 0.2) is 0 Å². The zero-order valence-corrected chi connectivity index (χ0v) is 12.1. The minimum Gasteiger partial charge on any atom is -0.376 e. The molecule has 1 heterocycles. The number of benzene rings is 2. The van der Waals surface area contributed by atoms with Crippen molar-refractivity contribution < 1.29 is 9.53 Å². The number of carbonyl (C=O) groups is 1. The van der Waals surface area contributed by atoms with Crippen molar-refractivity contribution >= 4 is 22.5 Å². The van der Waals surface area contributed by atoms with Gasteiger partial charge in [-0.05, 0) is 31.2 Å². The minimum absolute atomic E-state index is 0.0162. The van der Waals surface area contributed by atoms with Crippen LogP contribution in [0.15, 0.2) is 42.5 Å². The van der Waals surface area contributed by atoms with Crippen molar-refractivity contribution in [2.24, 2.45) is 0 Å². The second-order valence-corrected chi connectivity index (χ2v) is 5.47. The number of fused-ring (bicyclic) bond motifs is 1. The maximum Gasteiger partial charge on any atom is 0.319 e. The predicted octanol–water partition coefficient (Wildman–Crippen LogP) is 3.53. The number of amides is 2. The third kappa shape index (κ3) is 3.16. The van der Waals surface area contributed by atoms with E-state index in [9.17, 15) is 4.79 Å². The van der Waals surface area contributed by atoms with Crippen molar-refractivity contribution in [2.45, 2.75) is 31.9 Å². The van der Waals surface area contributed by atoms with E-state index in [0.29, 0.717) is 0 Å². The summed E-state index contributed by atoms with van der Waals surface area (Å²) in [5.74, 6) is 0. The molecule has 0 spiro atoms. The first-order valence-corrected chi connectivity index (χ1v) is 7.41.